The second kappa shape index (κ2) is 4.51. The van der Waals surface area contributed by atoms with E-state index in [9.17, 15) is 9.90 Å². The molecule has 1 heterocycles. The maximum atomic E-state index is 11.9. The summed E-state index contributed by atoms with van der Waals surface area (Å²) in [7, 11) is 0. The maximum Gasteiger partial charge on any atom is 0.258 e. The van der Waals surface area contributed by atoms with Crippen LogP contribution in [0.5, 0.6) is 5.88 Å². The van der Waals surface area contributed by atoms with Gasteiger partial charge in [-0.3, -0.25) is 4.79 Å². The highest BCUT2D eigenvalue weighted by molar-refractivity contribution is 5.26. The van der Waals surface area contributed by atoms with Gasteiger partial charge in [-0.25, -0.2) is 0 Å². The maximum absolute atomic E-state index is 11.9. The van der Waals surface area contributed by atoms with Crippen LogP contribution < -0.4 is 5.56 Å². The van der Waals surface area contributed by atoms with Crippen molar-refractivity contribution in [3.05, 3.63) is 21.7 Å². The van der Waals surface area contributed by atoms with Gasteiger partial charge in [0.05, 0.1) is 5.56 Å². The van der Waals surface area contributed by atoms with Crippen molar-refractivity contribution in [3.8, 4) is 5.88 Å². The minimum Gasteiger partial charge on any atom is -0.493 e. The summed E-state index contributed by atoms with van der Waals surface area (Å²) in [5, 5.41) is 9.84. The van der Waals surface area contributed by atoms with Crippen LogP contribution >= 0.6 is 0 Å². The Morgan fingerprint density at radius 2 is 2.12 bits per heavy atom. The molecular weight excluding hydrogens is 216 g/mol. The van der Waals surface area contributed by atoms with Crippen molar-refractivity contribution in [2.45, 2.75) is 51.9 Å². The lowest BCUT2D eigenvalue weighted by Gasteiger charge is -2.12. The molecule has 2 atom stereocenters. The molecule has 0 saturated heterocycles. The highest BCUT2D eigenvalue weighted by Gasteiger charge is 2.26. The van der Waals surface area contributed by atoms with Crippen molar-refractivity contribution in [2.24, 2.45) is 5.92 Å². The van der Waals surface area contributed by atoms with E-state index in [1.54, 1.807) is 0 Å². The van der Waals surface area contributed by atoms with Crippen LogP contribution in [0.4, 0.5) is 0 Å². The topological polar surface area (TPSA) is 66.0 Å². The molecule has 1 aromatic rings. The zero-order valence-electron chi connectivity index (χ0n) is 10.7. The lowest BCUT2D eigenvalue weighted by molar-refractivity contribution is 0.431. The molecule has 2 rings (SSSR count). The Morgan fingerprint density at radius 1 is 1.41 bits per heavy atom. The quantitative estimate of drug-likeness (QED) is 0.829. The first-order valence-electron chi connectivity index (χ1n) is 6.32. The molecule has 4 heteroatoms. The molecule has 0 amide bonds. The standard InChI is InChI=1S/C13H20N2O2/c1-7(2)10-12(16)14-11(15-13(10)17)9-5-4-8(3)6-9/h7-9H,4-6H2,1-3H3,(H2,14,15,16,17). The summed E-state index contributed by atoms with van der Waals surface area (Å²) in [4.78, 5) is 18.9. The van der Waals surface area contributed by atoms with E-state index >= 15 is 0 Å². The number of hydrogen-bond acceptors (Lipinski definition) is 3. The van der Waals surface area contributed by atoms with Crippen molar-refractivity contribution in [1.29, 1.82) is 0 Å². The number of aromatic nitrogens is 2. The minimum absolute atomic E-state index is 0.0113. The molecule has 0 aliphatic heterocycles. The summed E-state index contributed by atoms with van der Waals surface area (Å²) < 4.78 is 0. The van der Waals surface area contributed by atoms with E-state index in [0.717, 1.165) is 12.8 Å². The summed E-state index contributed by atoms with van der Waals surface area (Å²) in [6.07, 6.45) is 3.26. The molecule has 2 unspecified atom stereocenters. The Hall–Kier alpha value is -1.32. The Labute approximate surface area is 101 Å². The molecule has 0 radical (unpaired) electrons. The third-order valence-electron chi connectivity index (χ3n) is 3.61. The van der Waals surface area contributed by atoms with Gasteiger partial charge in [0.15, 0.2) is 0 Å². The smallest absolute Gasteiger partial charge is 0.258 e. The van der Waals surface area contributed by atoms with Gasteiger partial charge < -0.3 is 10.1 Å². The fourth-order valence-electron chi connectivity index (χ4n) is 2.66. The van der Waals surface area contributed by atoms with Crippen molar-refractivity contribution < 1.29 is 5.11 Å². The Bertz CT molecular complexity index is 465. The second-order valence-corrected chi connectivity index (χ2v) is 5.46. The van der Waals surface area contributed by atoms with Gasteiger partial charge in [-0.2, -0.15) is 4.98 Å². The van der Waals surface area contributed by atoms with Crippen molar-refractivity contribution in [3.63, 3.8) is 0 Å². The molecule has 1 saturated carbocycles. The van der Waals surface area contributed by atoms with E-state index in [0.29, 0.717) is 23.2 Å². The fourth-order valence-corrected chi connectivity index (χ4v) is 2.66. The number of rotatable bonds is 2. The molecule has 1 fully saturated rings. The average molecular weight is 236 g/mol. The molecule has 4 nitrogen and oxygen atoms in total. The molecule has 0 spiro atoms. The lowest BCUT2D eigenvalue weighted by atomic mass is 10.0. The first kappa shape index (κ1) is 12.1. The SMILES string of the molecule is CC1CCC(c2nc(O)c(C(C)C)c(=O)[nH]2)C1. The normalized spacial score (nSPS) is 24.5. The number of nitrogens with one attached hydrogen (secondary N) is 1. The minimum atomic E-state index is -0.193. The van der Waals surface area contributed by atoms with Crippen molar-refractivity contribution in [1.82, 2.24) is 9.97 Å². The van der Waals surface area contributed by atoms with Crippen LogP contribution in [0.25, 0.3) is 0 Å². The monoisotopic (exact) mass is 236 g/mol. The Morgan fingerprint density at radius 3 is 2.59 bits per heavy atom. The molecule has 17 heavy (non-hydrogen) atoms. The largest absolute Gasteiger partial charge is 0.493 e. The second-order valence-electron chi connectivity index (χ2n) is 5.46. The van der Waals surface area contributed by atoms with Gasteiger partial charge in [-0.15, -0.1) is 0 Å². The van der Waals surface area contributed by atoms with E-state index in [1.807, 2.05) is 13.8 Å². The van der Waals surface area contributed by atoms with E-state index < -0.39 is 0 Å². The Balaban J connectivity index is 2.36. The molecule has 1 aliphatic rings. The van der Waals surface area contributed by atoms with Gasteiger partial charge in [0.2, 0.25) is 5.88 Å². The van der Waals surface area contributed by atoms with E-state index in [-0.39, 0.29) is 17.4 Å². The summed E-state index contributed by atoms with van der Waals surface area (Å²) in [6.45, 7) is 5.97. The summed E-state index contributed by atoms with van der Waals surface area (Å²) in [6, 6.07) is 0. The highest BCUT2D eigenvalue weighted by Crippen LogP contribution is 2.36. The van der Waals surface area contributed by atoms with Gasteiger partial charge in [-0.1, -0.05) is 20.8 Å². The van der Waals surface area contributed by atoms with Crippen LogP contribution in [-0.2, 0) is 0 Å². The first-order valence-corrected chi connectivity index (χ1v) is 6.32. The van der Waals surface area contributed by atoms with Gasteiger partial charge in [0.25, 0.3) is 5.56 Å². The molecule has 1 aromatic heterocycles. The lowest BCUT2D eigenvalue weighted by Crippen LogP contribution is -2.19. The highest BCUT2D eigenvalue weighted by atomic mass is 16.3. The van der Waals surface area contributed by atoms with Gasteiger partial charge in [0, 0.05) is 5.92 Å². The summed E-state index contributed by atoms with van der Waals surface area (Å²) in [5.41, 5.74) is 0.196. The number of nitrogens with zero attached hydrogens (tertiary/aromatic N) is 1. The number of hydrogen-bond donors (Lipinski definition) is 2. The van der Waals surface area contributed by atoms with E-state index in [4.69, 9.17) is 0 Å². The van der Waals surface area contributed by atoms with Crippen LogP contribution in [-0.4, -0.2) is 15.1 Å². The molecule has 0 aromatic carbocycles. The van der Waals surface area contributed by atoms with Crippen LogP contribution in [0, 0.1) is 5.92 Å². The van der Waals surface area contributed by atoms with E-state index in [1.165, 1.54) is 6.42 Å². The van der Waals surface area contributed by atoms with Gasteiger partial charge >= 0.3 is 0 Å². The molecule has 2 N–H and O–H groups in total. The number of aromatic amines is 1. The van der Waals surface area contributed by atoms with Gasteiger partial charge in [-0.05, 0) is 31.1 Å². The molecule has 1 aliphatic carbocycles. The van der Waals surface area contributed by atoms with Crippen LogP contribution in [0.2, 0.25) is 0 Å². The first-order chi connectivity index (χ1) is 7.99. The number of H-pyrrole nitrogens is 1. The van der Waals surface area contributed by atoms with Crippen molar-refractivity contribution in [2.75, 3.05) is 0 Å². The van der Waals surface area contributed by atoms with E-state index in [2.05, 4.69) is 16.9 Å². The zero-order chi connectivity index (χ0) is 12.6. The van der Waals surface area contributed by atoms with Gasteiger partial charge in [0.1, 0.15) is 5.82 Å². The third-order valence-corrected chi connectivity index (χ3v) is 3.61. The predicted octanol–water partition coefficient (Wildman–Crippen LogP) is 2.50. The Kier molecular flexibility index (Phi) is 3.22. The number of aromatic hydroxyl groups is 1. The summed E-state index contributed by atoms with van der Waals surface area (Å²) >= 11 is 0. The predicted molar refractivity (Wildman–Crippen MR) is 66.4 cm³/mol. The summed E-state index contributed by atoms with van der Waals surface area (Å²) in [5.74, 6) is 1.52. The molecule has 94 valence electrons. The average Bonchev–Trinajstić information content (AvgIpc) is 2.63. The van der Waals surface area contributed by atoms with Crippen molar-refractivity contribution >= 4 is 0 Å². The zero-order valence-corrected chi connectivity index (χ0v) is 10.7. The van der Waals surface area contributed by atoms with Crippen LogP contribution in [0.3, 0.4) is 0 Å². The van der Waals surface area contributed by atoms with Crippen LogP contribution in [0.15, 0.2) is 4.79 Å². The fraction of sp³-hybridized carbons (Fsp3) is 0.692. The molecular formula is C13H20N2O2. The molecule has 0 bridgehead atoms. The van der Waals surface area contributed by atoms with Crippen LogP contribution in [0.1, 0.15) is 63.3 Å². The third kappa shape index (κ3) is 2.35.